The van der Waals surface area contributed by atoms with Gasteiger partial charge in [0.15, 0.2) is 0 Å². The summed E-state index contributed by atoms with van der Waals surface area (Å²) in [5.41, 5.74) is 0.651. The van der Waals surface area contributed by atoms with E-state index in [2.05, 4.69) is 15.9 Å². The Labute approximate surface area is 157 Å². The standard InChI is InChI=1S/C19H16BrFN2O3/c1-22(2)17-8-16-13(7-15(17)21)18(24)14(19(25)26)10-23(16)9-11-3-5-12(20)6-4-11/h3-8,10H,9H2,1-2H3,(H,25,26). The van der Waals surface area contributed by atoms with Crippen molar-refractivity contribution in [2.75, 3.05) is 19.0 Å². The lowest BCUT2D eigenvalue weighted by atomic mass is 10.1. The molecule has 0 aliphatic rings. The molecule has 0 aliphatic carbocycles. The topological polar surface area (TPSA) is 62.5 Å². The van der Waals surface area contributed by atoms with Gasteiger partial charge in [-0.1, -0.05) is 28.1 Å². The molecule has 0 spiro atoms. The molecule has 3 aromatic rings. The van der Waals surface area contributed by atoms with Crippen LogP contribution in [-0.4, -0.2) is 29.7 Å². The Morgan fingerprint density at radius 3 is 2.46 bits per heavy atom. The summed E-state index contributed by atoms with van der Waals surface area (Å²) in [4.78, 5) is 25.5. The van der Waals surface area contributed by atoms with Crippen molar-refractivity contribution in [3.63, 3.8) is 0 Å². The van der Waals surface area contributed by atoms with Gasteiger partial charge in [-0.05, 0) is 29.8 Å². The van der Waals surface area contributed by atoms with Crippen LogP contribution >= 0.6 is 15.9 Å². The van der Waals surface area contributed by atoms with Gasteiger partial charge in [0.1, 0.15) is 11.4 Å². The Morgan fingerprint density at radius 1 is 1.23 bits per heavy atom. The van der Waals surface area contributed by atoms with Crippen molar-refractivity contribution in [1.29, 1.82) is 0 Å². The Balaban J connectivity index is 2.29. The maximum absolute atomic E-state index is 14.3. The zero-order valence-corrected chi connectivity index (χ0v) is 15.7. The van der Waals surface area contributed by atoms with Crippen LogP contribution < -0.4 is 10.3 Å². The maximum atomic E-state index is 14.3. The van der Waals surface area contributed by atoms with Crippen LogP contribution in [-0.2, 0) is 6.54 Å². The molecule has 0 unspecified atom stereocenters. The second-order valence-electron chi connectivity index (χ2n) is 6.15. The molecule has 0 amide bonds. The van der Waals surface area contributed by atoms with Gasteiger partial charge >= 0.3 is 5.97 Å². The molecule has 5 nitrogen and oxygen atoms in total. The number of carbonyl (C=O) groups is 1. The molecule has 1 aromatic heterocycles. The molecule has 1 N–H and O–H groups in total. The van der Waals surface area contributed by atoms with Crippen LogP contribution in [0.1, 0.15) is 15.9 Å². The average molecular weight is 419 g/mol. The highest BCUT2D eigenvalue weighted by molar-refractivity contribution is 9.10. The summed E-state index contributed by atoms with van der Waals surface area (Å²) in [7, 11) is 3.40. The van der Waals surface area contributed by atoms with E-state index in [-0.39, 0.29) is 10.9 Å². The largest absolute Gasteiger partial charge is 0.477 e. The van der Waals surface area contributed by atoms with Gasteiger partial charge in [0.25, 0.3) is 0 Å². The first-order valence-corrected chi connectivity index (χ1v) is 8.59. The van der Waals surface area contributed by atoms with Crippen LogP contribution in [0.5, 0.6) is 0 Å². The highest BCUT2D eigenvalue weighted by atomic mass is 79.9. The smallest absolute Gasteiger partial charge is 0.341 e. The third-order valence-electron chi connectivity index (χ3n) is 4.13. The van der Waals surface area contributed by atoms with Crippen molar-refractivity contribution >= 4 is 38.5 Å². The summed E-state index contributed by atoms with van der Waals surface area (Å²) >= 11 is 3.37. The minimum atomic E-state index is -1.33. The van der Waals surface area contributed by atoms with Gasteiger partial charge in [0.2, 0.25) is 5.43 Å². The van der Waals surface area contributed by atoms with Gasteiger partial charge in [-0.3, -0.25) is 4.79 Å². The van der Waals surface area contributed by atoms with E-state index >= 15 is 0 Å². The molecule has 26 heavy (non-hydrogen) atoms. The number of fused-ring (bicyclic) bond motifs is 1. The third-order valence-corrected chi connectivity index (χ3v) is 4.66. The van der Waals surface area contributed by atoms with Crippen LogP contribution in [0, 0.1) is 5.82 Å². The molecule has 0 saturated carbocycles. The molecular formula is C19H16BrFN2O3. The van der Waals surface area contributed by atoms with Gasteiger partial charge in [-0.15, -0.1) is 0 Å². The number of carboxylic acid groups (broad SMARTS) is 1. The zero-order valence-electron chi connectivity index (χ0n) is 14.2. The van der Waals surface area contributed by atoms with Crippen LogP contribution in [0.4, 0.5) is 10.1 Å². The van der Waals surface area contributed by atoms with E-state index in [4.69, 9.17) is 0 Å². The van der Waals surface area contributed by atoms with Gasteiger partial charge in [0.05, 0.1) is 11.2 Å². The van der Waals surface area contributed by atoms with Crippen LogP contribution in [0.25, 0.3) is 10.9 Å². The predicted molar refractivity (Wildman–Crippen MR) is 103 cm³/mol. The Hall–Kier alpha value is -2.67. The monoisotopic (exact) mass is 418 g/mol. The van der Waals surface area contributed by atoms with Crippen LogP contribution in [0.2, 0.25) is 0 Å². The minimum absolute atomic E-state index is 0.0464. The average Bonchev–Trinajstić information content (AvgIpc) is 2.58. The van der Waals surface area contributed by atoms with Crippen molar-refractivity contribution in [2.45, 2.75) is 6.54 Å². The molecule has 3 rings (SSSR count). The van der Waals surface area contributed by atoms with E-state index in [9.17, 15) is 19.1 Å². The van der Waals surface area contributed by atoms with E-state index in [1.54, 1.807) is 29.6 Å². The number of nitrogens with zero attached hydrogens (tertiary/aromatic N) is 2. The molecule has 0 aliphatic heterocycles. The molecule has 0 saturated heterocycles. The molecule has 2 aromatic carbocycles. The molecule has 1 heterocycles. The number of anilines is 1. The number of halogens is 2. The van der Waals surface area contributed by atoms with Gasteiger partial charge in [0, 0.05) is 36.7 Å². The molecule has 7 heteroatoms. The predicted octanol–water partition coefficient (Wildman–Crippen LogP) is 3.72. The lowest BCUT2D eigenvalue weighted by molar-refractivity contribution is 0.0695. The number of rotatable bonds is 4. The fourth-order valence-corrected chi connectivity index (χ4v) is 3.08. The second-order valence-corrected chi connectivity index (χ2v) is 7.06. The molecule has 134 valence electrons. The fourth-order valence-electron chi connectivity index (χ4n) is 2.81. The molecule has 0 radical (unpaired) electrons. The van der Waals surface area contributed by atoms with E-state index < -0.39 is 17.2 Å². The van der Waals surface area contributed by atoms with Crippen molar-refractivity contribution in [3.8, 4) is 0 Å². The highest BCUT2D eigenvalue weighted by Gasteiger charge is 2.17. The summed E-state index contributed by atoms with van der Waals surface area (Å²) in [5.74, 6) is -1.91. The second kappa shape index (κ2) is 6.92. The summed E-state index contributed by atoms with van der Waals surface area (Å²) in [6, 6.07) is 10.2. The summed E-state index contributed by atoms with van der Waals surface area (Å²) in [6.07, 6.45) is 1.31. The number of aromatic carboxylic acids is 1. The Morgan fingerprint density at radius 2 is 1.88 bits per heavy atom. The van der Waals surface area contributed by atoms with Crippen molar-refractivity contribution in [3.05, 3.63) is 74.2 Å². The number of hydrogen-bond donors (Lipinski definition) is 1. The van der Waals surface area contributed by atoms with Crippen LogP contribution in [0.3, 0.4) is 0 Å². The van der Waals surface area contributed by atoms with E-state index in [1.807, 2.05) is 24.3 Å². The first kappa shape index (κ1) is 18.1. The molecule has 0 bridgehead atoms. The first-order chi connectivity index (χ1) is 12.3. The van der Waals surface area contributed by atoms with E-state index in [0.29, 0.717) is 17.7 Å². The molecular weight excluding hydrogens is 403 g/mol. The highest BCUT2D eigenvalue weighted by Crippen LogP contribution is 2.24. The molecule has 0 atom stereocenters. The number of benzene rings is 2. The summed E-state index contributed by atoms with van der Waals surface area (Å²) in [6.45, 7) is 0.350. The van der Waals surface area contributed by atoms with E-state index in [0.717, 1.165) is 16.1 Å². The Kier molecular flexibility index (Phi) is 4.82. The normalized spacial score (nSPS) is 10.9. The zero-order chi connectivity index (χ0) is 19.0. The van der Waals surface area contributed by atoms with Crippen molar-refractivity contribution < 1.29 is 14.3 Å². The number of hydrogen-bond acceptors (Lipinski definition) is 3. The maximum Gasteiger partial charge on any atom is 0.341 e. The summed E-state index contributed by atoms with van der Waals surface area (Å²) in [5, 5.41) is 9.39. The SMILES string of the molecule is CN(C)c1cc2c(cc1F)c(=O)c(C(=O)O)cn2Cc1ccc(Br)cc1. The van der Waals surface area contributed by atoms with Gasteiger partial charge in [-0.25, -0.2) is 9.18 Å². The van der Waals surface area contributed by atoms with Crippen molar-refractivity contribution in [1.82, 2.24) is 4.57 Å². The van der Waals surface area contributed by atoms with Gasteiger partial charge < -0.3 is 14.6 Å². The number of pyridine rings is 1. The quantitative estimate of drug-likeness (QED) is 0.701. The Bertz CT molecular complexity index is 1060. The van der Waals surface area contributed by atoms with Crippen LogP contribution in [0.15, 0.2) is 51.9 Å². The lowest BCUT2D eigenvalue weighted by Gasteiger charge is -2.18. The van der Waals surface area contributed by atoms with Gasteiger partial charge in [-0.2, -0.15) is 0 Å². The summed E-state index contributed by atoms with van der Waals surface area (Å²) < 4.78 is 16.9. The minimum Gasteiger partial charge on any atom is -0.477 e. The number of carboxylic acids is 1. The number of aromatic nitrogens is 1. The van der Waals surface area contributed by atoms with E-state index in [1.165, 1.54) is 6.20 Å². The van der Waals surface area contributed by atoms with Crippen molar-refractivity contribution in [2.24, 2.45) is 0 Å². The third kappa shape index (κ3) is 3.35. The molecule has 0 fully saturated rings. The fraction of sp³-hybridized carbons (Fsp3) is 0.158. The lowest BCUT2D eigenvalue weighted by Crippen LogP contribution is -2.20. The first-order valence-electron chi connectivity index (χ1n) is 7.79.